The van der Waals surface area contributed by atoms with Crippen molar-refractivity contribution in [3.05, 3.63) is 0 Å². The van der Waals surface area contributed by atoms with Crippen LogP contribution in [0.1, 0.15) is 12.8 Å². The Morgan fingerprint density at radius 2 is 2.11 bits per heavy atom. The van der Waals surface area contributed by atoms with Crippen molar-refractivity contribution in [1.29, 1.82) is 0 Å². The molecule has 0 amide bonds. The maximum absolute atomic E-state index is 5.93. The number of nitrogens with zero attached hydrogens (tertiary/aromatic N) is 2. The van der Waals surface area contributed by atoms with Gasteiger partial charge in [-0.1, -0.05) is 0 Å². The predicted molar refractivity (Wildman–Crippen MR) is 78.2 cm³/mol. The van der Waals surface area contributed by atoms with E-state index in [0.29, 0.717) is 6.04 Å². The lowest BCUT2D eigenvalue weighted by atomic mass is 10.2. The summed E-state index contributed by atoms with van der Waals surface area (Å²) < 4.78 is 5.43. The van der Waals surface area contributed by atoms with Crippen LogP contribution >= 0.6 is 11.8 Å². The maximum atomic E-state index is 5.93. The second-order valence-electron chi connectivity index (χ2n) is 5.26. The normalized spacial score (nSPS) is 28.7. The number of likely N-dealkylation sites (tertiary alicyclic amines) is 1. The van der Waals surface area contributed by atoms with E-state index >= 15 is 0 Å². The molecule has 18 heavy (non-hydrogen) atoms. The van der Waals surface area contributed by atoms with Crippen LogP contribution in [0.5, 0.6) is 0 Å². The van der Waals surface area contributed by atoms with Crippen LogP contribution in [-0.2, 0) is 4.74 Å². The van der Waals surface area contributed by atoms with E-state index in [0.717, 1.165) is 38.9 Å². The molecule has 2 N–H and O–H groups in total. The third-order valence-corrected chi connectivity index (χ3v) is 4.84. The van der Waals surface area contributed by atoms with Crippen molar-refractivity contribution >= 4 is 11.8 Å². The predicted octanol–water partition coefficient (Wildman–Crippen LogP) is 0.473. The van der Waals surface area contributed by atoms with Gasteiger partial charge in [-0.05, 0) is 24.9 Å². The molecule has 4 nitrogen and oxygen atoms in total. The van der Waals surface area contributed by atoms with Gasteiger partial charge in [0.25, 0.3) is 0 Å². The molecule has 0 aromatic heterocycles. The van der Waals surface area contributed by atoms with Crippen molar-refractivity contribution in [2.75, 3.05) is 57.9 Å². The lowest BCUT2D eigenvalue weighted by molar-refractivity contribution is 0.0176. The number of thioether (sulfide) groups is 1. The Balaban J connectivity index is 1.78. The van der Waals surface area contributed by atoms with Crippen LogP contribution in [0, 0.1) is 0 Å². The zero-order chi connectivity index (χ0) is 12.8. The molecule has 2 atom stereocenters. The van der Waals surface area contributed by atoms with Gasteiger partial charge in [0.15, 0.2) is 0 Å². The van der Waals surface area contributed by atoms with E-state index in [4.69, 9.17) is 10.5 Å². The van der Waals surface area contributed by atoms with Crippen molar-refractivity contribution < 1.29 is 4.74 Å². The first-order valence-corrected chi connectivity index (χ1v) is 8.49. The summed E-state index contributed by atoms with van der Waals surface area (Å²) in [4.78, 5) is 5.21. The van der Waals surface area contributed by atoms with Crippen LogP contribution in [0.25, 0.3) is 0 Å². The molecule has 2 saturated heterocycles. The Morgan fingerprint density at radius 3 is 2.78 bits per heavy atom. The molecule has 2 aliphatic rings. The molecular formula is C13H27N3OS. The zero-order valence-electron chi connectivity index (χ0n) is 11.5. The average molecular weight is 273 g/mol. The van der Waals surface area contributed by atoms with Gasteiger partial charge in [-0.25, -0.2) is 0 Å². The number of nitrogens with two attached hydrogens (primary N) is 1. The number of hydrogen-bond donors (Lipinski definition) is 1. The van der Waals surface area contributed by atoms with Gasteiger partial charge in [0.05, 0.1) is 13.2 Å². The van der Waals surface area contributed by atoms with Gasteiger partial charge in [0, 0.05) is 44.8 Å². The van der Waals surface area contributed by atoms with Crippen molar-refractivity contribution in [3.63, 3.8) is 0 Å². The lowest BCUT2D eigenvalue weighted by Crippen LogP contribution is -2.46. The monoisotopic (exact) mass is 273 g/mol. The summed E-state index contributed by atoms with van der Waals surface area (Å²) >= 11 is 1.92. The zero-order valence-corrected chi connectivity index (χ0v) is 12.3. The van der Waals surface area contributed by atoms with E-state index in [9.17, 15) is 0 Å². The second-order valence-corrected chi connectivity index (χ2v) is 6.24. The van der Waals surface area contributed by atoms with Crippen LogP contribution < -0.4 is 5.73 Å². The topological polar surface area (TPSA) is 41.7 Å². The minimum atomic E-state index is 0.587. The molecule has 0 saturated carbocycles. The van der Waals surface area contributed by atoms with Crippen LogP contribution in [0.2, 0.25) is 0 Å². The van der Waals surface area contributed by atoms with Gasteiger partial charge < -0.3 is 10.5 Å². The van der Waals surface area contributed by atoms with E-state index < -0.39 is 0 Å². The van der Waals surface area contributed by atoms with E-state index in [-0.39, 0.29) is 0 Å². The third kappa shape index (κ3) is 3.84. The number of morpholine rings is 1. The Kier molecular flexibility index (Phi) is 6.24. The van der Waals surface area contributed by atoms with E-state index in [1.165, 1.54) is 31.7 Å². The van der Waals surface area contributed by atoms with Gasteiger partial charge in [-0.2, -0.15) is 11.8 Å². The fourth-order valence-corrected chi connectivity index (χ4v) is 3.55. The molecule has 2 rings (SSSR count). The molecule has 2 aliphatic heterocycles. The molecule has 106 valence electrons. The highest BCUT2D eigenvalue weighted by Crippen LogP contribution is 2.20. The molecule has 5 heteroatoms. The minimum absolute atomic E-state index is 0.587. The van der Waals surface area contributed by atoms with Gasteiger partial charge in [0.1, 0.15) is 0 Å². The van der Waals surface area contributed by atoms with E-state index in [2.05, 4.69) is 16.1 Å². The quantitative estimate of drug-likeness (QED) is 0.762. The fourth-order valence-electron chi connectivity index (χ4n) is 3.04. The van der Waals surface area contributed by atoms with Crippen molar-refractivity contribution in [2.45, 2.75) is 24.9 Å². The van der Waals surface area contributed by atoms with Gasteiger partial charge in [0.2, 0.25) is 0 Å². The molecular weight excluding hydrogens is 246 g/mol. The Bertz CT molecular complexity index is 236. The van der Waals surface area contributed by atoms with E-state index in [1.54, 1.807) is 0 Å². The highest BCUT2D eigenvalue weighted by Gasteiger charge is 2.31. The molecule has 0 aliphatic carbocycles. The highest BCUT2D eigenvalue weighted by molar-refractivity contribution is 7.98. The number of hydrogen-bond acceptors (Lipinski definition) is 5. The van der Waals surface area contributed by atoms with Crippen LogP contribution in [0.4, 0.5) is 0 Å². The van der Waals surface area contributed by atoms with Crippen LogP contribution in [0.3, 0.4) is 0 Å². The summed E-state index contributed by atoms with van der Waals surface area (Å²) in [5.41, 5.74) is 5.93. The third-order valence-electron chi connectivity index (χ3n) is 4.20. The summed E-state index contributed by atoms with van der Waals surface area (Å²) in [6, 6.07) is 1.32. The first-order chi connectivity index (χ1) is 8.85. The Hall–Kier alpha value is 0.190. The van der Waals surface area contributed by atoms with Crippen molar-refractivity contribution in [3.8, 4) is 0 Å². The second kappa shape index (κ2) is 7.70. The summed E-state index contributed by atoms with van der Waals surface area (Å²) in [5, 5.41) is 0. The molecule has 0 bridgehead atoms. The van der Waals surface area contributed by atoms with Crippen LogP contribution in [0.15, 0.2) is 0 Å². The summed E-state index contributed by atoms with van der Waals surface area (Å²) in [5.74, 6) is 1.22. The van der Waals surface area contributed by atoms with Gasteiger partial charge in [-0.15, -0.1) is 0 Å². The largest absolute Gasteiger partial charge is 0.379 e. The SMILES string of the molecule is CSCCC(CN)N1CCC(N2CCOCC2)C1. The highest BCUT2D eigenvalue weighted by atomic mass is 32.2. The lowest BCUT2D eigenvalue weighted by Gasteiger charge is -2.33. The van der Waals surface area contributed by atoms with Crippen molar-refractivity contribution in [2.24, 2.45) is 5.73 Å². The molecule has 2 fully saturated rings. The summed E-state index contributed by atoms with van der Waals surface area (Å²) in [7, 11) is 0. The first kappa shape index (κ1) is 14.6. The minimum Gasteiger partial charge on any atom is -0.379 e. The summed E-state index contributed by atoms with van der Waals surface area (Å²) in [6.45, 7) is 7.25. The molecule has 0 aromatic carbocycles. The molecule has 0 spiro atoms. The fraction of sp³-hybridized carbons (Fsp3) is 1.00. The Morgan fingerprint density at radius 1 is 1.33 bits per heavy atom. The first-order valence-electron chi connectivity index (χ1n) is 7.10. The average Bonchev–Trinajstić information content (AvgIpc) is 2.90. The van der Waals surface area contributed by atoms with Gasteiger partial charge in [-0.3, -0.25) is 9.80 Å². The van der Waals surface area contributed by atoms with E-state index in [1.807, 2.05) is 11.8 Å². The molecule has 2 heterocycles. The molecule has 0 radical (unpaired) electrons. The molecule has 2 unspecified atom stereocenters. The Labute approximate surface area is 115 Å². The van der Waals surface area contributed by atoms with Crippen LogP contribution in [-0.4, -0.2) is 79.8 Å². The molecule has 0 aromatic rings. The number of ether oxygens (including phenoxy) is 1. The smallest absolute Gasteiger partial charge is 0.0594 e. The van der Waals surface area contributed by atoms with Crippen molar-refractivity contribution in [1.82, 2.24) is 9.80 Å². The summed E-state index contributed by atoms with van der Waals surface area (Å²) in [6.07, 6.45) is 4.71. The number of rotatable bonds is 6. The standard InChI is InChI=1S/C13H27N3OS/c1-18-9-3-12(10-14)16-4-2-13(11-16)15-5-7-17-8-6-15/h12-13H,2-11,14H2,1H3. The van der Waals surface area contributed by atoms with Gasteiger partial charge >= 0.3 is 0 Å². The maximum Gasteiger partial charge on any atom is 0.0594 e.